The van der Waals surface area contributed by atoms with Crippen molar-refractivity contribution in [3.63, 3.8) is 0 Å². The van der Waals surface area contributed by atoms with Crippen LogP contribution < -0.4 is 11.3 Å². The van der Waals surface area contributed by atoms with Crippen LogP contribution in [0, 0.1) is 5.82 Å². The Kier molecular flexibility index (Phi) is 4.32. The summed E-state index contributed by atoms with van der Waals surface area (Å²) < 4.78 is 15.4. The molecule has 6 heteroatoms. The first-order valence-corrected chi connectivity index (χ1v) is 7.24. The second kappa shape index (κ2) is 5.58. The van der Waals surface area contributed by atoms with Crippen LogP contribution in [0.1, 0.15) is 17.2 Å². The largest absolute Gasteiger partial charge is 0.271 e. The smallest absolute Gasteiger partial charge is 0.142 e. The Morgan fingerprint density at radius 3 is 2.71 bits per heavy atom. The van der Waals surface area contributed by atoms with Crippen molar-refractivity contribution >= 4 is 43.2 Å². The summed E-state index contributed by atoms with van der Waals surface area (Å²) in [6.45, 7) is 0. The zero-order valence-electron chi connectivity index (χ0n) is 8.58. The number of nitrogens with one attached hydrogen (secondary N) is 1. The second-order valence-corrected chi connectivity index (χ2v) is 6.57. The highest BCUT2D eigenvalue weighted by Crippen LogP contribution is 2.31. The molecule has 0 radical (unpaired) electrons. The molecule has 0 amide bonds. The zero-order valence-corrected chi connectivity index (χ0v) is 12.6. The Morgan fingerprint density at radius 2 is 2.12 bits per heavy atom. The van der Waals surface area contributed by atoms with Gasteiger partial charge in [-0.1, -0.05) is 12.1 Å². The summed E-state index contributed by atoms with van der Waals surface area (Å²) in [5.41, 5.74) is 4.09. The lowest BCUT2D eigenvalue weighted by molar-refractivity contribution is 0.556. The third kappa shape index (κ3) is 2.77. The van der Waals surface area contributed by atoms with Crippen molar-refractivity contribution in [3.8, 4) is 0 Å². The van der Waals surface area contributed by atoms with E-state index in [1.165, 1.54) is 11.3 Å². The predicted octanol–water partition coefficient (Wildman–Crippen LogP) is 3.96. The van der Waals surface area contributed by atoms with Crippen LogP contribution in [0.25, 0.3) is 0 Å². The summed E-state index contributed by atoms with van der Waals surface area (Å²) in [5.74, 6) is 5.23. The maximum atomic E-state index is 14.0. The fraction of sp³-hybridized carbons (Fsp3) is 0.0909. The van der Waals surface area contributed by atoms with Gasteiger partial charge in [-0.25, -0.2) is 9.82 Å². The summed E-state index contributed by atoms with van der Waals surface area (Å²) in [5, 5.41) is 1.94. The van der Waals surface area contributed by atoms with Gasteiger partial charge in [-0.15, -0.1) is 11.3 Å². The third-order valence-electron chi connectivity index (χ3n) is 2.38. The molecule has 1 unspecified atom stereocenters. The fourth-order valence-corrected chi connectivity index (χ4v) is 3.17. The molecule has 0 aliphatic heterocycles. The van der Waals surface area contributed by atoms with E-state index in [1.807, 2.05) is 11.4 Å². The highest BCUT2D eigenvalue weighted by molar-refractivity contribution is 9.11. The van der Waals surface area contributed by atoms with E-state index in [1.54, 1.807) is 18.2 Å². The molecule has 2 aromatic rings. The molecule has 1 aromatic heterocycles. The molecule has 1 aromatic carbocycles. The summed E-state index contributed by atoms with van der Waals surface area (Å²) in [6, 6.07) is 6.74. The summed E-state index contributed by atoms with van der Waals surface area (Å²) in [7, 11) is 0. The topological polar surface area (TPSA) is 38.0 Å². The maximum absolute atomic E-state index is 14.0. The van der Waals surface area contributed by atoms with Gasteiger partial charge in [0.15, 0.2) is 0 Å². The molecule has 0 saturated heterocycles. The summed E-state index contributed by atoms with van der Waals surface area (Å²) in [6.07, 6.45) is 0. The van der Waals surface area contributed by atoms with Crippen molar-refractivity contribution in [1.29, 1.82) is 0 Å². The van der Waals surface area contributed by atoms with Crippen LogP contribution in [0.2, 0.25) is 0 Å². The number of hydrazine groups is 1. The maximum Gasteiger partial charge on any atom is 0.142 e. The van der Waals surface area contributed by atoms with Gasteiger partial charge in [-0.2, -0.15) is 0 Å². The number of hydrogen-bond acceptors (Lipinski definition) is 3. The van der Waals surface area contributed by atoms with Gasteiger partial charge in [-0.05, 0) is 54.9 Å². The SMILES string of the molecule is NNC(c1csc(Br)c1)c1cccc(Br)c1F. The Bertz CT molecular complexity index is 530. The van der Waals surface area contributed by atoms with Gasteiger partial charge >= 0.3 is 0 Å². The van der Waals surface area contributed by atoms with Crippen LogP contribution in [-0.4, -0.2) is 0 Å². The molecule has 1 heterocycles. The average Bonchev–Trinajstić information content (AvgIpc) is 2.72. The van der Waals surface area contributed by atoms with Crippen molar-refractivity contribution in [1.82, 2.24) is 5.43 Å². The van der Waals surface area contributed by atoms with E-state index in [-0.39, 0.29) is 11.9 Å². The van der Waals surface area contributed by atoms with Gasteiger partial charge in [0, 0.05) is 5.56 Å². The van der Waals surface area contributed by atoms with Crippen LogP contribution in [-0.2, 0) is 0 Å². The Labute approximate surface area is 119 Å². The van der Waals surface area contributed by atoms with Crippen molar-refractivity contribution in [3.05, 3.63) is 54.8 Å². The minimum Gasteiger partial charge on any atom is -0.271 e. The number of benzene rings is 1. The molecule has 17 heavy (non-hydrogen) atoms. The van der Waals surface area contributed by atoms with E-state index in [0.717, 1.165) is 9.35 Å². The minimum absolute atomic E-state index is 0.294. The monoisotopic (exact) mass is 378 g/mol. The Morgan fingerprint density at radius 1 is 1.35 bits per heavy atom. The molecule has 2 rings (SSSR count). The predicted molar refractivity (Wildman–Crippen MR) is 75.3 cm³/mol. The van der Waals surface area contributed by atoms with E-state index in [2.05, 4.69) is 37.3 Å². The minimum atomic E-state index is -0.352. The quantitative estimate of drug-likeness (QED) is 0.625. The molecule has 0 fully saturated rings. The summed E-state index contributed by atoms with van der Waals surface area (Å²) >= 11 is 8.09. The molecule has 0 saturated carbocycles. The lowest BCUT2D eigenvalue weighted by Crippen LogP contribution is -2.29. The van der Waals surface area contributed by atoms with Crippen LogP contribution >= 0.6 is 43.2 Å². The summed E-state index contributed by atoms with van der Waals surface area (Å²) in [4.78, 5) is 0. The molecule has 0 spiro atoms. The van der Waals surface area contributed by atoms with E-state index in [4.69, 9.17) is 5.84 Å². The lowest BCUT2D eigenvalue weighted by Gasteiger charge is -2.16. The average molecular weight is 380 g/mol. The lowest BCUT2D eigenvalue weighted by atomic mass is 10.0. The van der Waals surface area contributed by atoms with Gasteiger partial charge in [-0.3, -0.25) is 5.84 Å². The first-order valence-electron chi connectivity index (χ1n) is 4.77. The first kappa shape index (κ1) is 13.2. The van der Waals surface area contributed by atoms with E-state index in [0.29, 0.717) is 10.0 Å². The van der Waals surface area contributed by atoms with Crippen molar-refractivity contribution in [2.24, 2.45) is 5.84 Å². The third-order valence-corrected chi connectivity index (χ3v) is 4.52. The van der Waals surface area contributed by atoms with Gasteiger partial charge in [0.25, 0.3) is 0 Å². The number of thiophene rings is 1. The Hall–Kier alpha value is -0.270. The fourth-order valence-electron chi connectivity index (χ4n) is 1.58. The van der Waals surface area contributed by atoms with Crippen molar-refractivity contribution < 1.29 is 4.39 Å². The van der Waals surface area contributed by atoms with Crippen molar-refractivity contribution in [2.75, 3.05) is 0 Å². The van der Waals surface area contributed by atoms with Crippen LogP contribution in [0.15, 0.2) is 37.9 Å². The first-order chi connectivity index (χ1) is 8.13. The van der Waals surface area contributed by atoms with Gasteiger partial charge in [0.05, 0.1) is 14.3 Å². The molecule has 0 aliphatic carbocycles. The Balaban J connectivity index is 2.45. The van der Waals surface area contributed by atoms with Gasteiger partial charge < -0.3 is 0 Å². The molecular weight excluding hydrogens is 371 g/mol. The molecule has 90 valence electrons. The zero-order chi connectivity index (χ0) is 12.4. The number of halogens is 3. The van der Waals surface area contributed by atoms with Crippen LogP contribution in [0.5, 0.6) is 0 Å². The second-order valence-electron chi connectivity index (χ2n) is 3.43. The number of hydrogen-bond donors (Lipinski definition) is 2. The molecule has 0 aliphatic rings. The van der Waals surface area contributed by atoms with Crippen LogP contribution in [0.4, 0.5) is 4.39 Å². The van der Waals surface area contributed by atoms with Crippen molar-refractivity contribution in [2.45, 2.75) is 6.04 Å². The van der Waals surface area contributed by atoms with E-state index < -0.39 is 0 Å². The molecule has 3 N–H and O–H groups in total. The molecular formula is C11H9Br2FN2S. The van der Waals surface area contributed by atoms with E-state index >= 15 is 0 Å². The highest BCUT2D eigenvalue weighted by Gasteiger charge is 2.18. The van der Waals surface area contributed by atoms with Gasteiger partial charge in [0.2, 0.25) is 0 Å². The molecule has 2 nitrogen and oxygen atoms in total. The highest BCUT2D eigenvalue weighted by atomic mass is 79.9. The molecule has 1 atom stereocenters. The van der Waals surface area contributed by atoms with Gasteiger partial charge in [0.1, 0.15) is 5.82 Å². The normalized spacial score (nSPS) is 12.7. The van der Waals surface area contributed by atoms with Crippen LogP contribution in [0.3, 0.4) is 0 Å². The number of rotatable bonds is 3. The number of nitrogens with two attached hydrogens (primary N) is 1. The van der Waals surface area contributed by atoms with E-state index in [9.17, 15) is 4.39 Å². The molecule has 0 bridgehead atoms. The standard InChI is InChI=1S/C11H9Br2FN2S/c12-8-3-1-2-7(10(8)14)11(16-15)6-4-9(13)17-5-6/h1-5,11,16H,15H2.